The Morgan fingerprint density at radius 1 is 1.13 bits per heavy atom. The summed E-state index contributed by atoms with van der Waals surface area (Å²) in [5.74, 6) is 0.392. The number of aromatic nitrogens is 2. The van der Waals surface area contributed by atoms with Crippen LogP contribution in [0.1, 0.15) is 48.4 Å². The second-order valence-corrected chi connectivity index (χ2v) is 8.01. The van der Waals surface area contributed by atoms with Gasteiger partial charge in [0, 0.05) is 35.2 Å². The van der Waals surface area contributed by atoms with Crippen LogP contribution in [-0.4, -0.2) is 33.5 Å². The minimum atomic E-state index is -0.408. The number of nitrogens with zero attached hydrogens (tertiary/aromatic N) is 3. The van der Waals surface area contributed by atoms with Crippen LogP contribution in [0, 0.1) is 5.82 Å². The van der Waals surface area contributed by atoms with Gasteiger partial charge in [0.2, 0.25) is 11.7 Å². The first-order chi connectivity index (χ1) is 14.6. The molecule has 30 heavy (non-hydrogen) atoms. The second kappa shape index (κ2) is 9.39. The first-order valence-corrected chi connectivity index (χ1v) is 10.6. The lowest BCUT2D eigenvalue weighted by Crippen LogP contribution is -2.42. The van der Waals surface area contributed by atoms with Crippen molar-refractivity contribution < 1.29 is 13.7 Å². The highest BCUT2D eigenvalue weighted by Gasteiger charge is 2.27. The van der Waals surface area contributed by atoms with Crippen LogP contribution in [0.5, 0.6) is 0 Å². The fourth-order valence-corrected chi connectivity index (χ4v) is 4.04. The molecule has 0 N–H and O–H groups in total. The van der Waals surface area contributed by atoms with E-state index in [0.29, 0.717) is 35.3 Å². The lowest BCUT2D eigenvalue weighted by Gasteiger charge is -2.34. The first kappa shape index (κ1) is 20.5. The summed E-state index contributed by atoms with van der Waals surface area (Å²) in [6.07, 6.45) is 5.74. The van der Waals surface area contributed by atoms with Crippen LogP contribution < -0.4 is 0 Å². The Balaban J connectivity index is 1.49. The van der Waals surface area contributed by atoms with Crippen LogP contribution in [-0.2, 0) is 6.42 Å². The summed E-state index contributed by atoms with van der Waals surface area (Å²) < 4.78 is 19.1. The predicted molar refractivity (Wildman–Crippen MR) is 113 cm³/mol. The molecule has 0 radical (unpaired) electrons. The van der Waals surface area contributed by atoms with Gasteiger partial charge in [0.05, 0.1) is 0 Å². The molecule has 0 bridgehead atoms. The van der Waals surface area contributed by atoms with Gasteiger partial charge >= 0.3 is 0 Å². The highest BCUT2D eigenvalue weighted by molar-refractivity contribution is 6.30. The molecule has 1 amide bonds. The molecule has 0 unspecified atom stereocenters. The minimum Gasteiger partial charge on any atom is -0.339 e. The highest BCUT2D eigenvalue weighted by Crippen LogP contribution is 2.25. The average molecular weight is 428 g/mol. The number of hydrogen-bond acceptors (Lipinski definition) is 4. The van der Waals surface area contributed by atoms with Crippen LogP contribution in [0.2, 0.25) is 5.02 Å². The third-order valence-corrected chi connectivity index (χ3v) is 5.74. The number of hydrogen-bond donors (Lipinski definition) is 0. The molecule has 2 aromatic carbocycles. The lowest BCUT2D eigenvalue weighted by atomic mass is 9.93. The van der Waals surface area contributed by atoms with Crippen molar-refractivity contribution in [2.45, 2.75) is 44.6 Å². The van der Waals surface area contributed by atoms with E-state index in [1.165, 1.54) is 18.6 Å². The summed E-state index contributed by atoms with van der Waals surface area (Å²) >= 11 is 5.93. The molecule has 0 spiro atoms. The summed E-state index contributed by atoms with van der Waals surface area (Å²) in [6, 6.07) is 13.2. The van der Waals surface area contributed by atoms with Gasteiger partial charge in [-0.05, 0) is 55.3 Å². The van der Waals surface area contributed by atoms with Crippen molar-refractivity contribution in [1.29, 1.82) is 0 Å². The molecule has 1 saturated carbocycles. The molecule has 0 saturated heterocycles. The van der Waals surface area contributed by atoms with Gasteiger partial charge in [-0.15, -0.1) is 0 Å². The summed E-state index contributed by atoms with van der Waals surface area (Å²) in [4.78, 5) is 19.5. The first-order valence-electron chi connectivity index (χ1n) is 10.3. The monoisotopic (exact) mass is 427 g/mol. The van der Waals surface area contributed by atoms with Crippen molar-refractivity contribution in [3.63, 3.8) is 0 Å². The van der Waals surface area contributed by atoms with Gasteiger partial charge in [-0.25, -0.2) is 4.39 Å². The summed E-state index contributed by atoms with van der Waals surface area (Å²) in [7, 11) is 0. The zero-order valence-electron chi connectivity index (χ0n) is 16.6. The maximum absolute atomic E-state index is 13.7. The van der Waals surface area contributed by atoms with Crippen molar-refractivity contribution in [1.82, 2.24) is 15.0 Å². The van der Waals surface area contributed by atoms with Crippen molar-refractivity contribution in [3.05, 3.63) is 70.8 Å². The Kier molecular flexibility index (Phi) is 6.43. The van der Waals surface area contributed by atoms with E-state index < -0.39 is 5.82 Å². The second-order valence-electron chi connectivity index (χ2n) is 7.57. The summed E-state index contributed by atoms with van der Waals surface area (Å²) in [5.41, 5.74) is 1.18. The molecule has 0 atom stereocenters. The Bertz CT molecular complexity index is 1000. The van der Waals surface area contributed by atoms with Gasteiger partial charge in [-0.1, -0.05) is 42.1 Å². The molecular weight excluding hydrogens is 405 g/mol. The molecule has 1 fully saturated rings. The van der Waals surface area contributed by atoms with Crippen molar-refractivity contribution in [2.24, 2.45) is 0 Å². The van der Waals surface area contributed by atoms with Crippen LogP contribution in [0.3, 0.4) is 0 Å². The van der Waals surface area contributed by atoms with E-state index in [0.717, 1.165) is 31.2 Å². The highest BCUT2D eigenvalue weighted by atomic mass is 35.5. The van der Waals surface area contributed by atoms with Gasteiger partial charge in [-0.3, -0.25) is 4.79 Å². The van der Waals surface area contributed by atoms with Crippen LogP contribution in [0.25, 0.3) is 11.4 Å². The molecule has 1 aliphatic carbocycles. The predicted octanol–water partition coefficient (Wildman–Crippen LogP) is 5.55. The maximum Gasteiger partial charge on any atom is 0.254 e. The minimum absolute atomic E-state index is 0.146. The van der Waals surface area contributed by atoms with Crippen molar-refractivity contribution >= 4 is 17.5 Å². The van der Waals surface area contributed by atoms with Crippen LogP contribution >= 0.6 is 11.6 Å². The van der Waals surface area contributed by atoms with Gasteiger partial charge < -0.3 is 9.42 Å². The molecule has 1 aliphatic rings. The van der Waals surface area contributed by atoms with E-state index in [4.69, 9.17) is 16.1 Å². The van der Waals surface area contributed by atoms with Crippen LogP contribution in [0.15, 0.2) is 53.1 Å². The van der Waals surface area contributed by atoms with E-state index in [9.17, 15) is 9.18 Å². The smallest absolute Gasteiger partial charge is 0.254 e. The number of carbonyl (C=O) groups is 1. The SMILES string of the molecule is O=C(c1cccc(F)c1)N(CCc1nc(-c2ccc(Cl)cc2)no1)C1CCCCC1. The zero-order valence-corrected chi connectivity index (χ0v) is 17.3. The fourth-order valence-electron chi connectivity index (χ4n) is 3.92. The Labute approximate surface area is 179 Å². The summed E-state index contributed by atoms with van der Waals surface area (Å²) in [5, 5.41) is 4.68. The number of rotatable bonds is 6. The number of amides is 1. The molecule has 1 aromatic heterocycles. The number of carbonyl (C=O) groups excluding carboxylic acids is 1. The molecule has 156 valence electrons. The van der Waals surface area contributed by atoms with Gasteiger partial charge in [0.25, 0.3) is 5.91 Å². The molecule has 0 aliphatic heterocycles. The lowest BCUT2D eigenvalue weighted by molar-refractivity contribution is 0.0631. The van der Waals surface area contributed by atoms with E-state index >= 15 is 0 Å². The quantitative estimate of drug-likeness (QED) is 0.517. The third-order valence-electron chi connectivity index (χ3n) is 5.48. The number of halogens is 2. The van der Waals surface area contributed by atoms with Gasteiger partial charge in [0.1, 0.15) is 5.82 Å². The maximum atomic E-state index is 13.7. The number of benzene rings is 2. The van der Waals surface area contributed by atoms with Crippen molar-refractivity contribution in [2.75, 3.05) is 6.54 Å². The van der Waals surface area contributed by atoms with Crippen LogP contribution in [0.4, 0.5) is 4.39 Å². The van der Waals surface area contributed by atoms with E-state index in [-0.39, 0.29) is 11.9 Å². The molecule has 5 nitrogen and oxygen atoms in total. The zero-order chi connectivity index (χ0) is 20.9. The third kappa shape index (κ3) is 4.87. The Morgan fingerprint density at radius 2 is 1.90 bits per heavy atom. The molecule has 3 aromatic rings. The molecule has 4 rings (SSSR count). The van der Waals surface area contributed by atoms with Gasteiger partial charge in [0.15, 0.2) is 0 Å². The largest absolute Gasteiger partial charge is 0.339 e. The average Bonchev–Trinajstić information content (AvgIpc) is 3.24. The standard InChI is InChI=1S/C23H23ClFN3O2/c24-18-11-9-16(10-12-18)22-26-21(30-27-22)13-14-28(20-7-2-1-3-8-20)23(29)17-5-4-6-19(25)15-17/h4-6,9-12,15,20H,1-3,7-8,13-14H2. The molecule has 1 heterocycles. The topological polar surface area (TPSA) is 59.2 Å². The molecule has 7 heteroatoms. The van der Waals surface area contributed by atoms with Gasteiger partial charge in [-0.2, -0.15) is 4.98 Å². The Hall–Kier alpha value is -2.73. The van der Waals surface area contributed by atoms with E-state index in [2.05, 4.69) is 10.1 Å². The summed E-state index contributed by atoms with van der Waals surface area (Å²) in [6.45, 7) is 0.447. The van der Waals surface area contributed by atoms with Crippen molar-refractivity contribution in [3.8, 4) is 11.4 Å². The fraction of sp³-hybridized carbons (Fsp3) is 0.348. The Morgan fingerprint density at radius 3 is 2.63 bits per heavy atom. The van der Waals surface area contributed by atoms with E-state index in [1.807, 2.05) is 17.0 Å². The molecular formula is C23H23ClFN3O2. The normalized spacial score (nSPS) is 14.6. The van der Waals surface area contributed by atoms with E-state index in [1.54, 1.807) is 24.3 Å².